The molecule has 1 aliphatic rings. The number of hydrogen-bond donors (Lipinski definition) is 1. The van der Waals surface area contributed by atoms with Gasteiger partial charge in [-0.1, -0.05) is 18.2 Å². The fraction of sp³-hybridized carbons (Fsp3) is 0.500. The third-order valence-corrected chi connectivity index (χ3v) is 4.41. The molecular weight excluding hydrogens is 273 g/mol. The highest BCUT2D eigenvalue weighted by atomic mass is 19.1. The molecule has 2 rings (SSSR count). The zero-order valence-corrected chi connectivity index (χ0v) is 12.5. The molecule has 1 aliphatic heterocycles. The van der Waals surface area contributed by atoms with Gasteiger partial charge < -0.3 is 10.0 Å². The van der Waals surface area contributed by atoms with Gasteiger partial charge in [0.05, 0.1) is 11.3 Å². The van der Waals surface area contributed by atoms with Crippen LogP contribution in [0.4, 0.5) is 4.39 Å². The molecule has 0 bridgehead atoms. The molecule has 4 nitrogen and oxygen atoms in total. The van der Waals surface area contributed by atoms with Gasteiger partial charge in [0.15, 0.2) is 0 Å². The molecule has 0 saturated carbocycles. The highest BCUT2D eigenvalue weighted by Crippen LogP contribution is 2.33. The van der Waals surface area contributed by atoms with Crippen molar-refractivity contribution in [2.45, 2.75) is 38.6 Å². The van der Waals surface area contributed by atoms with Crippen molar-refractivity contribution in [3.63, 3.8) is 0 Å². The molecule has 114 valence electrons. The van der Waals surface area contributed by atoms with E-state index in [0.29, 0.717) is 18.5 Å². The van der Waals surface area contributed by atoms with Crippen molar-refractivity contribution < 1.29 is 19.1 Å². The summed E-state index contributed by atoms with van der Waals surface area (Å²) in [5, 5.41) is 9.15. The van der Waals surface area contributed by atoms with Gasteiger partial charge in [0.25, 0.3) is 0 Å². The van der Waals surface area contributed by atoms with Crippen molar-refractivity contribution in [3.05, 3.63) is 35.6 Å². The number of nitrogens with zero attached hydrogens (tertiary/aromatic N) is 1. The summed E-state index contributed by atoms with van der Waals surface area (Å²) in [6.45, 7) is 5.49. The molecule has 1 amide bonds. The number of likely N-dealkylation sites (tertiary alicyclic amines) is 1. The van der Waals surface area contributed by atoms with Gasteiger partial charge in [0.2, 0.25) is 5.91 Å². The standard InChI is InChI=1S/C16H20FNO3/c1-10-11(14(19)20)8-9-18(10)15(21)16(2,3)12-6-4-5-7-13(12)17/h4-7,10-11H,8-9H2,1-3H3,(H,19,20). The predicted octanol–water partition coefficient (Wildman–Crippen LogP) is 2.42. The highest BCUT2D eigenvalue weighted by Gasteiger charge is 2.44. The van der Waals surface area contributed by atoms with Crippen LogP contribution in [0, 0.1) is 11.7 Å². The Morgan fingerprint density at radius 3 is 2.48 bits per heavy atom. The lowest BCUT2D eigenvalue weighted by Crippen LogP contribution is -2.46. The highest BCUT2D eigenvalue weighted by molar-refractivity contribution is 5.88. The number of benzene rings is 1. The molecular formula is C16H20FNO3. The summed E-state index contributed by atoms with van der Waals surface area (Å²) < 4.78 is 14.0. The molecule has 2 atom stereocenters. The van der Waals surface area contributed by atoms with Gasteiger partial charge >= 0.3 is 5.97 Å². The summed E-state index contributed by atoms with van der Waals surface area (Å²) in [5.41, 5.74) is -0.687. The van der Waals surface area contributed by atoms with Gasteiger partial charge in [-0.3, -0.25) is 9.59 Å². The number of carbonyl (C=O) groups excluding carboxylic acids is 1. The van der Waals surface area contributed by atoms with E-state index in [2.05, 4.69) is 0 Å². The van der Waals surface area contributed by atoms with Crippen molar-refractivity contribution in [2.75, 3.05) is 6.54 Å². The maximum absolute atomic E-state index is 14.0. The van der Waals surface area contributed by atoms with Crippen LogP contribution in [0.2, 0.25) is 0 Å². The number of halogens is 1. The van der Waals surface area contributed by atoms with Gasteiger partial charge in [-0.15, -0.1) is 0 Å². The van der Waals surface area contributed by atoms with Gasteiger partial charge in [-0.2, -0.15) is 0 Å². The average molecular weight is 293 g/mol. The smallest absolute Gasteiger partial charge is 0.308 e. The van der Waals surface area contributed by atoms with E-state index < -0.39 is 23.1 Å². The number of hydrogen-bond acceptors (Lipinski definition) is 2. The summed E-state index contributed by atoms with van der Waals surface area (Å²) in [6.07, 6.45) is 0.440. The van der Waals surface area contributed by atoms with Crippen LogP contribution in [0.5, 0.6) is 0 Å². The van der Waals surface area contributed by atoms with Crippen LogP contribution in [0.3, 0.4) is 0 Å². The summed E-state index contributed by atoms with van der Waals surface area (Å²) in [4.78, 5) is 25.5. The zero-order valence-electron chi connectivity index (χ0n) is 12.5. The Balaban J connectivity index is 2.28. The van der Waals surface area contributed by atoms with E-state index in [4.69, 9.17) is 5.11 Å². The number of carboxylic acid groups (broad SMARTS) is 1. The molecule has 0 radical (unpaired) electrons. The second-order valence-electron chi connectivity index (χ2n) is 6.08. The Labute approximate surface area is 123 Å². The molecule has 0 aliphatic carbocycles. The second-order valence-corrected chi connectivity index (χ2v) is 6.08. The van der Waals surface area contributed by atoms with Gasteiger partial charge in [0, 0.05) is 18.2 Å². The molecule has 1 aromatic rings. The molecule has 1 heterocycles. The first-order chi connectivity index (χ1) is 9.76. The topological polar surface area (TPSA) is 57.6 Å². The van der Waals surface area contributed by atoms with E-state index in [9.17, 15) is 14.0 Å². The van der Waals surface area contributed by atoms with Crippen LogP contribution < -0.4 is 0 Å². The maximum atomic E-state index is 14.0. The van der Waals surface area contributed by atoms with E-state index in [-0.39, 0.29) is 11.9 Å². The van der Waals surface area contributed by atoms with Crippen molar-refractivity contribution in [1.82, 2.24) is 4.90 Å². The third kappa shape index (κ3) is 2.64. The quantitative estimate of drug-likeness (QED) is 0.931. The minimum absolute atomic E-state index is 0.233. The second kappa shape index (κ2) is 5.47. The number of amides is 1. The lowest BCUT2D eigenvalue weighted by molar-refractivity contribution is -0.143. The monoisotopic (exact) mass is 293 g/mol. The van der Waals surface area contributed by atoms with Crippen molar-refractivity contribution >= 4 is 11.9 Å². The Hall–Kier alpha value is -1.91. The van der Waals surface area contributed by atoms with Crippen LogP contribution >= 0.6 is 0 Å². The largest absolute Gasteiger partial charge is 0.481 e. The lowest BCUT2D eigenvalue weighted by atomic mass is 9.82. The summed E-state index contributed by atoms with van der Waals surface area (Å²) in [7, 11) is 0. The van der Waals surface area contributed by atoms with Crippen LogP contribution in [-0.4, -0.2) is 34.5 Å². The Morgan fingerprint density at radius 2 is 1.95 bits per heavy atom. The number of rotatable bonds is 3. The minimum Gasteiger partial charge on any atom is -0.481 e. The van der Waals surface area contributed by atoms with E-state index in [1.54, 1.807) is 43.9 Å². The molecule has 1 aromatic carbocycles. The number of carboxylic acids is 1. The first-order valence-electron chi connectivity index (χ1n) is 7.05. The first-order valence-corrected chi connectivity index (χ1v) is 7.05. The van der Waals surface area contributed by atoms with Crippen LogP contribution in [0.15, 0.2) is 24.3 Å². The van der Waals surface area contributed by atoms with Crippen LogP contribution in [-0.2, 0) is 15.0 Å². The third-order valence-electron chi connectivity index (χ3n) is 4.41. The molecule has 1 fully saturated rings. The molecule has 0 aromatic heterocycles. The lowest BCUT2D eigenvalue weighted by Gasteiger charge is -2.33. The fourth-order valence-electron chi connectivity index (χ4n) is 3.00. The number of aliphatic carboxylic acids is 1. The Morgan fingerprint density at radius 1 is 1.33 bits per heavy atom. The summed E-state index contributed by atoms with van der Waals surface area (Å²) in [5.74, 6) is -2.09. The fourth-order valence-corrected chi connectivity index (χ4v) is 3.00. The summed E-state index contributed by atoms with van der Waals surface area (Å²) >= 11 is 0. The molecule has 0 spiro atoms. The Bertz CT molecular complexity index is 570. The van der Waals surface area contributed by atoms with Crippen LogP contribution in [0.1, 0.15) is 32.8 Å². The van der Waals surface area contributed by atoms with E-state index >= 15 is 0 Å². The Kier molecular flexibility index (Phi) is 4.03. The predicted molar refractivity (Wildman–Crippen MR) is 76.3 cm³/mol. The molecule has 1 N–H and O–H groups in total. The van der Waals surface area contributed by atoms with E-state index in [1.165, 1.54) is 6.07 Å². The normalized spacial score (nSPS) is 22.4. The average Bonchev–Trinajstić information content (AvgIpc) is 2.80. The maximum Gasteiger partial charge on any atom is 0.308 e. The zero-order chi connectivity index (χ0) is 15.8. The van der Waals surface area contributed by atoms with E-state index in [0.717, 1.165) is 0 Å². The molecule has 2 unspecified atom stereocenters. The van der Waals surface area contributed by atoms with Gasteiger partial charge in [-0.05, 0) is 33.3 Å². The summed E-state index contributed by atoms with van der Waals surface area (Å²) in [6, 6.07) is 5.83. The minimum atomic E-state index is -1.02. The first kappa shape index (κ1) is 15.5. The van der Waals surface area contributed by atoms with Gasteiger partial charge in [0.1, 0.15) is 5.82 Å². The van der Waals surface area contributed by atoms with Crippen molar-refractivity contribution in [3.8, 4) is 0 Å². The van der Waals surface area contributed by atoms with E-state index in [1.807, 2.05) is 0 Å². The molecule has 1 saturated heterocycles. The molecule has 5 heteroatoms. The van der Waals surface area contributed by atoms with Crippen molar-refractivity contribution in [2.24, 2.45) is 5.92 Å². The van der Waals surface area contributed by atoms with Crippen LogP contribution in [0.25, 0.3) is 0 Å². The molecule has 21 heavy (non-hydrogen) atoms. The number of carbonyl (C=O) groups is 2. The van der Waals surface area contributed by atoms with Gasteiger partial charge in [-0.25, -0.2) is 4.39 Å². The van der Waals surface area contributed by atoms with Crippen molar-refractivity contribution in [1.29, 1.82) is 0 Å². The SMILES string of the molecule is CC1C(C(=O)O)CCN1C(=O)C(C)(C)c1ccccc1F.